The Morgan fingerprint density at radius 2 is 0.729 bits per heavy atom. The molecule has 18 heteroatoms. The maximum Gasteiger partial charge on any atom is 0.397 e. The Bertz CT molecular complexity index is 2020. The fourth-order valence-corrected chi connectivity index (χ4v) is 16.6. The Kier molecular flexibility index (Phi) is 50.2. The third kappa shape index (κ3) is 40.9. The summed E-state index contributed by atoms with van der Waals surface area (Å²) in [7, 11) is -5.33. The molecule has 0 aromatic rings. The average molecular weight is 1390 g/mol. The molecule has 0 aromatic carbocycles. The minimum Gasteiger partial charge on any atom is -0.455 e. The molecule has 2 heterocycles. The average Bonchev–Trinajstić information content (AvgIpc) is 0.780. The maximum atomic E-state index is 14.1. The fraction of sp³-hybridized carbons (Fsp3) is 0.974. The predicted molar refractivity (Wildman–Crippen MR) is 385 cm³/mol. The first-order chi connectivity index (χ1) is 45.7. The Labute approximate surface area is 586 Å². The summed E-state index contributed by atoms with van der Waals surface area (Å²) in [5.74, 6) is 2.34. The number of carbonyl (C=O) groups excluding carboxylic acids is 2. The van der Waals surface area contributed by atoms with E-state index in [1.54, 1.807) is 6.92 Å². The lowest BCUT2D eigenvalue weighted by atomic mass is 9.79. The number of carbonyl (C=O) groups is 2. The van der Waals surface area contributed by atoms with E-state index in [9.17, 15) is 53.2 Å². The largest absolute Gasteiger partial charge is 0.455 e. The molecule has 0 radical (unpaired) electrons. The number of rotatable bonds is 60. The van der Waals surface area contributed by atoms with Crippen LogP contribution in [0.15, 0.2) is 0 Å². The van der Waals surface area contributed by atoms with E-state index in [1.165, 1.54) is 173 Å². The topological polar surface area (TPSA) is 265 Å². The molecular weight excluding hydrogens is 1240 g/mol. The summed E-state index contributed by atoms with van der Waals surface area (Å²) in [4.78, 5) is 27.8. The van der Waals surface area contributed by atoms with Gasteiger partial charge in [-0.3, -0.25) is 14.1 Å². The molecule has 2 aliphatic heterocycles. The number of aliphatic hydroxyl groups excluding tert-OH is 6. The molecule has 21 atom stereocenters. The Morgan fingerprint density at radius 1 is 0.406 bits per heavy atom. The lowest BCUT2D eigenvalue weighted by Gasteiger charge is -2.46. The van der Waals surface area contributed by atoms with Gasteiger partial charge in [0.05, 0.1) is 25.2 Å². The highest BCUT2D eigenvalue weighted by molar-refractivity contribution is 7.80. The van der Waals surface area contributed by atoms with Crippen molar-refractivity contribution in [2.45, 2.75) is 414 Å². The zero-order valence-corrected chi connectivity index (χ0v) is 64.0. The van der Waals surface area contributed by atoms with Crippen LogP contribution in [0.5, 0.6) is 0 Å². The van der Waals surface area contributed by atoms with Gasteiger partial charge in [0, 0.05) is 6.42 Å². The van der Waals surface area contributed by atoms with Crippen molar-refractivity contribution in [2.75, 3.05) is 13.2 Å². The standard InChI is InChI=1S/C78H150O17S/c1-13-15-17-19-21-23-25-27-29-31-33-35-37-39-41-43-66(81)64(11)52-62(9)50-60(7)48-58(5)46-56(3)45-57(4)47-59(6)49-61(8)51-63(10)53-65(12)76(86)93-73-71(84)68(55-80)91-78(94-77-74(95-96(87,88)89)72(85)70(83)67(54-79)90-77)75(73)92-69(82)44-42-40-38-36-34-32-30-28-26-24-22-20-18-16-14-2/h56-68,70-75,77-81,83-85H,13-55H2,1-12H3,(H,87,88,89)/t56-,57+,58-,59+,60-,61+,62-,63+,64-,65+,66?,67?,68?,70-,71-,72?,73?,74+,75-,77-,78-/m1/s1. The zero-order valence-electron chi connectivity index (χ0n) is 63.2. The maximum absolute atomic E-state index is 14.1. The number of hydrogen-bond donors (Lipinski definition) is 7. The molecule has 0 spiro atoms. The monoisotopic (exact) mass is 1390 g/mol. The van der Waals surface area contributed by atoms with Crippen LogP contribution in [-0.4, -0.2) is 136 Å². The van der Waals surface area contributed by atoms with Crippen LogP contribution in [0.2, 0.25) is 0 Å². The molecule has 5 unspecified atom stereocenters. The van der Waals surface area contributed by atoms with Gasteiger partial charge in [0.1, 0.15) is 30.5 Å². The zero-order chi connectivity index (χ0) is 71.4. The first kappa shape index (κ1) is 90.5. The van der Waals surface area contributed by atoms with Gasteiger partial charge in [0.2, 0.25) is 6.29 Å². The first-order valence-corrected chi connectivity index (χ1v) is 41.1. The molecule has 0 aliphatic carbocycles. The highest BCUT2D eigenvalue weighted by Crippen LogP contribution is 2.36. The van der Waals surface area contributed by atoms with Crippen LogP contribution in [0, 0.1) is 59.2 Å². The van der Waals surface area contributed by atoms with Gasteiger partial charge in [-0.05, 0) is 124 Å². The van der Waals surface area contributed by atoms with Crippen molar-refractivity contribution in [2.24, 2.45) is 59.2 Å². The quantitative estimate of drug-likeness (QED) is 0.0169. The van der Waals surface area contributed by atoms with Crippen LogP contribution < -0.4 is 0 Å². The molecule has 17 nitrogen and oxygen atoms in total. The number of hydrogen-bond acceptors (Lipinski definition) is 16. The van der Waals surface area contributed by atoms with Crippen LogP contribution in [0.3, 0.4) is 0 Å². The number of esters is 2. The summed E-state index contributed by atoms with van der Waals surface area (Å²) < 4.78 is 67.7. The smallest absolute Gasteiger partial charge is 0.397 e. The van der Waals surface area contributed by atoms with Gasteiger partial charge < -0.3 is 54.3 Å². The van der Waals surface area contributed by atoms with E-state index >= 15 is 0 Å². The Hall–Kier alpha value is -1.55. The minimum absolute atomic E-state index is 0.0533. The van der Waals surface area contributed by atoms with Gasteiger partial charge in [-0.25, -0.2) is 4.18 Å². The van der Waals surface area contributed by atoms with Crippen molar-refractivity contribution in [1.82, 2.24) is 0 Å². The van der Waals surface area contributed by atoms with Crippen LogP contribution in [-0.2, 0) is 47.9 Å². The van der Waals surface area contributed by atoms with Crippen molar-refractivity contribution in [1.29, 1.82) is 0 Å². The molecule has 0 saturated carbocycles. The molecule has 570 valence electrons. The molecule has 2 saturated heterocycles. The third-order valence-corrected chi connectivity index (χ3v) is 21.4. The van der Waals surface area contributed by atoms with E-state index in [2.05, 4.69) is 80.3 Å². The highest BCUT2D eigenvalue weighted by atomic mass is 32.3. The normalized spacial score (nSPS) is 25.3. The summed E-state index contributed by atoms with van der Waals surface area (Å²) in [5, 5.41) is 64.6. The van der Waals surface area contributed by atoms with E-state index in [0.717, 1.165) is 70.6 Å². The van der Waals surface area contributed by atoms with Gasteiger partial charge in [0.15, 0.2) is 24.6 Å². The van der Waals surface area contributed by atoms with Crippen LogP contribution in [0.4, 0.5) is 0 Å². The SMILES string of the molecule is CCCCCCCCCCCCCCCCCC(=O)O[C@@H]1C(OC(=O)[C@@H](C)C[C@@H](C)C[C@@H](C)C[C@@H](C)C[C@@H](C)C[C@@H](C)C[C@@H](C)C[C@@H](C)C[C@@H](C)C[C@@H](C)C(O)CCCCCCCCCCCCCCCCC)[C@H](O)C(CO)O[C@@H]1O[C@H]1OC(CO)[C@@H](O)C(O)[C@@H]1OS(=O)(=O)O. The summed E-state index contributed by atoms with van der Waals surface area (Å²) in [6, 6.07) is 0. The Balaban J connectivity index is 1.90. The summed E-state index contributed by atoms with van der Waals surface area (Å²) >= 11 is 0. The number of aliphatic hydroxyl groups is 6. The lowest BCUT2D eigenvalue weighted by Crippen LogP contribution is -2.65. The van der Waals surface area contributed by atoms with Crippen molar-refractivity contribution in [3.8, 4) is 0 Å². The van der Waals surface area contributed by atoms with E-state index in [0.29, 0.717) is 60.2 Å². The van der Waals surface area contributed by atoms with Gasteiger partial charge in [-0.1, -0.05) is 269 Å². The predicted octanol–water partition coefficient (Wildman–Crippen LogP) is 17.3. The second-order valence-electron chi connectivity index (χ2n) is 31.7. The summed E-state index contributed by atoms with van der Waals surface area (Å²) in [6.45, 7) is 25.5. The van der Waals surface area contributed by atoms with Gasteiger partial charge in [-0.15, -0.1) is 0 Å². The van der Waals surface area contributed by atoms with Crippen molar-refractivity contribution in [3.63, 3.8) is 0 Å². The van der Waals surface area contributed by atoms with Crippen LogP contribution >= 0.6 is 0 Å². The van der Waals surface area contributed by atoms with Gasteiger partial charge >= 0.3 is 22.3 Å². The summed E-state index contributed by atoms with van der Waals surface area (Å²) in [6.07, 6.45) is 29.1. The van der Waals surface area contributed by atoms with E-state index in [4.69, 9.17) is 23.7 Å². The van der Waals surface area contributed by atoms with E-state index < -0.39 is 103 Å². The second-order valence-corrected chi connectivity index (χ2v) is 32.8. The molecule has 0 bridgehead atoms. The molecule has 2 fully saturated rings. The van der Waals surface area contributed by atoms with E-state index in [-0.39, 0.29) is 18.4 Å². The molecule has 2 aliphatic rings. The van der Waals surface area contributed by atoms with E-state index in [1.807, 2.05) is 0 Å². The first-order valence-electron chi connectivity index (χ1n) is 39.7. The summed E-state index contributed by atoms with van der Waals surface area (Å²) in [5.41, 5.74) is 0. The lowest BCUT2D eigenvalue weighted by molar-refractivity contribution is -0.374. The molecule has 0 aromatic heterocycles. The highest BCUT2D eigenvalue weighted by Gasteiger charge is 2.55. The van der Waals surface area contributed by atoms with Crippen molar-refractivity contribution < 1.29 is 81.1 Å². The minimum atomic E-state index is -5.33. The van der Waals surface area contributed by atoms with Crippen molar-refractivity contribution >= 4 is 22.3 Å². The number of ether oxygens (including phenoxy) is 5. The van der Waals surface area contributed by atoms with Crippen LogP contribution in [0.25, 0.3) is 0 Å². The van der Waals surface area contributed by atoms with Crippen LogP contribution in [0.1, 0.15) is 346 Å². The van der Waals surface area contributed by atoms with Crippen molar-refractivity contribution in [3.05, 3.63) is 0 Å². The number of unbranched alkanes of at least 4 members (excludes halogenated alkanes) is 28. The third-order valence-electron chi connectivity index (χ3n) is 21.0. The Morgan fingerprint density at radius 3 is 1.09 bits per heavy atom. The molecule has 0 amide bonds. The second kappa shape index (κ2) is 53.3. The molecular formula is C78H150O17S. The fourth-order valence-electron chi connectivity index (χ4n) is 16.1. The van der Waals surface area contributed by atoms with Gasteiger partial charge in [0.25, 0.3) is 0 Å². The van der Waals surface area contributed by atoms with Gasteiger partial charge in [-0.2, -0.15) is 8.42 Å². The molecule has 96 heavy (non-hydrogen) atoms. The molecule has 7 N–H and O–H groups in total. The molecule has 2 rings (SSSR count).